The summed E-state index contributed by atoms with van der Waals surface area (Å²) in [4.78, 5) is 22.9. The molecule has 0 saturated carbocycles. The monoisotopic (exact) mass is 341 g/mol. The molecule has 1 aliphatic rings. The van der Waals surface area contributed by atoms with Gasteiger partial charge in [-0.25, -0.2) is 9.97 Å². The zero-order chi connectivity index (χ0) is 17.5. The van der Waals surface area contributed by atoms with Crippen molar-refractivity contribution in [2.45, 2.75) is 12.8 Å². The van der Waals surface area contributed by atoms with Crippen LogP contribution in [-0.2, 0) is 22.4 Å². The lowest BCUT2D eigenvalue weighted by Crippen LogP contribution is -2.37. The van der Waals surface area contributed by atoms with E-state index in [1.807, 2.05) is 35.2 Å². The van der Waals surface area contributed by atoms with Crippen molar-refractivity contribution in [1.29, 1.82) is 0 Å². The molecule has 132 valence electrons. The summed E-state index contributed by atoms with van der Waals surface area (Å²) in [6.45, 7) is 2.51. The highest BCUT2D eigenvalue weighted by Crippen LogP contribution is 2.20. The maximum Gasteiger partial charge on any atom is 0.227 e. The second-order valence-corrected chi connectivity index (χ2v) is 6.17. The Morgan fingerprint density at radius 2 is 2.24 bits per heavy atom. The Balaban J connectivity index is 1.65. The molecule has 6 nitrogen and oxygen atoms in total. The molecule has 1 saturated heterocycles. The summed E-state index contributed by atoms with van der Waals surface area (Å²) in [7, 11) is 1.63. The number of nitrogens with zero attached hydrogens (tertiary/aromatic N) is 3. The first-order chi connectivity index (χ1) is 12.3. The normalized spacial score (nSPS) is 17.8. The number of ether oxygens (including phenoxy) is 2. The highest BCUT2D eigenvalue weighted by molar-refractivity contribution is 5.79. The molecule has 1 aliphatic heterocycles. The van der Waals surface area contributed by atoms with Gasteiger partial charge in [-0.15, -0.1) is 0 Å². The first-order valence-corrected chi connectivity index (χ1v) is 8.48. The van der Waals surface area contributed by atoms with Crippen LogP contribution in [0.1, 0.15) is 11.3 Å². The lowest BCUT2D eigenvalue weighted by Gasteiger charge is -2.24. The quantitative estimate of drug-likeness (QED) is 0.829. The maximum absolute atomic E-state index is 12.8. The Bertz CT molecular complexity index is 693. The fourth-order valence-corrected chi connectivity index (χ4v) is 3.09. The smallest absolute Gasteiger partial charge is 0.227 e. The van der Waals surface area contributed by atoms with Crippen LogP contribution in [0, 0.1) is 5.92 Å². The zero-order valence-corrected chi connectivity index (χ0v) is 14.4. The van der Waals surface area contributed by atoms with E-state index in [2.05, 4.69) is 9.97 Å². The molecular weight excluding hydrogens is 318 g/mol. The fraction of sp³-hybridized carbons (Fsp3) is 0.421. The highest BCUT2D eigenvalue weighted by atomic mass is 16.5. The van der Waals surface area contributed by atoms with E-state index in [0.717, 1.165) is 23.4 Å². The molecule has 1 amide bonds. The SMILES string of the molecule is COc1ccccc1CC(=O)N1CCOC[C@@H](Cc2ccncn2)C1. The number of hydrogen-bond donors (Lipinski definition) is 0. The largest absolute Gasteiger partial charge is 0.496 e. The summed E-state index contributed by atoms with van der Waals surface area (Å²) in [5.74, 6) is 1.08. The van der Waals surface area contributed by atoms with E-state index in [-0.39, 0.29) is 11.8 Å². The Labute approximate surface area is 147 Å². The summed E-state index contributed by atoms with van der Waals surface area (Å²) in [6, 6.07) is 9.56. The Hall–Kier alpha value is -2.47. The molecule has 0 N–H and O–H groups in total. The van der Waals surface area contributed by atoms with Gasteiger partial charge in [0.1, 0.15) is 12.1 Å². The van der Waals surface area contributed by atoms with Gasteiger partial charge in [0.25, 0.3) is 0 Å². The lowest BCUT2D eigenvalue weighted by molar-refractivity contribution is -0.130. The molecule has 1 aromatic heterocycles. The van der Waals surface area contributed by atoms with Crippen LogP contribution >= 0.6 is 0 Å². The van der Waals surface area contributed by atoms with Crippen molar-refractivity contribution >= 4 is 5.91 Å². The molecule has 0 radical (unpaired) electrons. The van der Waals surface area contributed by atoms with Crippen LogP contribution in [0.5, 0.6) is 5.75 Å². The lowest BCUT2D eigenvalue weighted by atomic mass is 10.0. The minimum absolute atomic E-state index is 0.0997. The van der Waals surface area contributed by atoms with Crippen molar-refractivity contribution in [3.8, 4) is 5.75 Å². The minimum atomic E-state index is 0.0997. The van der Waals surface area contributed by atoms with E-state index in [1.54, 1.807) is 19.6 Å². The number of methoxy groups -OCH3 is 1. The number of aromatic nitrogens is 2. The first kappa shape index (κ1) is 17.4. The molecule has 0 aliphatic carbocycles. The van der Waals surface area contributed by atoms with Crippen molar-refractivity contribution in [3.63, 3.8) is 0 Å². The van der Waals surface area contributed by atoms with Gasteiger partial charge in [-0.05, 0) is 18.6 Å². The first-order valence-electron chi connectivity index (χ1n) is 8.48. The van der Waals surface area contributed by atoms with E-state index < -0.39 is 0 Å². The number of carbonyl (C=O) groups excluding carboxylic acids is 1. The second kappa shape index (κ2) is 8.58. The molecule has 25 heavy (non-hydrogen) atoms. The third-order valence-electron chi connectivity index (χ3n) is 4.37. The van der Waals surface area contributed by atoms with Crippen LogP contribution in [0.25, 0.3) is 0 Å². The number of benzene rings is 1. The molecule has 3 rings (SSSR count). The topological polar surface area (TPSA) is 64.5 Å². The number of carbonyl (C=O) groups is 1. The average molecular weight is 341 g/mol. The number of amides is 1. The standard InChI is InChI=1S/C19H23N3O3/c1-24-18-5-3-2-4-16(18)11-19(23)22-8-9-25-13-15(12-22)10-17-6-7-20-14-21-17/h2-7,14-15H,8-13H2,1H3/t15-/m0/s1. The zero-order valence-electron chi connectivity index (χ0n) is 14.4. The van der Waals surface area contributed by atoms with Gasteiger partial charge in [-0.3, -0.25) is 4.79 Å². The van der Waals surface area contributed by atoms with Gasteiger partial charge < -0.3 is 14.4 Å². The predicted molar refractivity (Wildman–Crippen MR) is 93.3 cm³/mol. The van der Waals surface area contributed by atoms with Crippen molar-refractivity contribution in [2.24, 2.45) is 5.92 Å². The van der Waals surface area contributed by atoms with E-state index in [4.69, 9.17) is 9.47 Å². The summed E-state index contributed by atoms with van der Waals surface area (Å²) in [5, 5.41) is 0. The fourth-order valence-electron chi connectivity index (χ4n) is 3.09. The van der Waals surface area contributed by atoms with Crippen molar-refractivity contribution in [1.82, 2.24) is 14.9 Å². The summed E-state index contributed by atoms with van der Waals surface area (Å²) in [6.07, 6.45) is 4.41. The van der Waals surface area contributed by atoms with Gasteiger partial charge >= 0.3 is 0 Å². The molecule has 2 aromatic rings. The van der Waals surface area contributed by atoms with Crippen LogP contribution in [0.15, 0.2) is 42.9 Å². The summed E-state index contributed by atoms with van der Waals surface area (Å²) < 4.78 is 11.0. The van der Waals surface area contributed by atoms with Gasteiger partial charge in [0.05, 0.1) is 26.7 Å². The molecule has 1 fully saturated rings. The van der Waals surface area contributed by atoms with E-state index in [1.165, 1.54) is 0 Å². The molecule has 1 atom stereocenters. The number of hydrogen-bond acceptors (Lipinski definition) is 5. The molecule has 1 aromatic carbocycles. The van der Waals surface area contributed by atoms with Crippen LogP contribution in [-0.4, -0.2) is 54.2 Å². The Morgan fingerprint density at radius 1 is 1.36 bits per heavy atom. The molecule has 2 heterocycles. The maximum atomic E-state index is 12.8. The van der Waals surface area contributed by atoms with Gasteiger partial charge in [-0.1, -0.05) is 18.2 Å². The van der Waals surface area contributed by atoms with Crippen LogP contribution in [0.4, 0.5) is 0 Å². The molecule has 6 heteroatoms. The van der Waals surface area contributed by atoms with Gasteiger partial charge in [0.2, 0.25) is 5.91 Å². The number of para-hydroxylation sites is 1. The number of rotatable bonds is 5. The summed E-state index contributed by atoms with van der Waals surface area (Å²) >= 11 is 0. The van der Waals surface area contributed by atoms with E-state index in [0.29, 0.717) is 32.7 Å². The van der Waals surface area contributed by atoms with Gasteiger partial charge in [-0.2, -0.15) is 0 Å². The third kappa shape index (κ3) is 4.76. The van der Waals surface area contributed by atoms with Gasteiger partial charge in [0.15, 0.2) is 0 Å². The van der Waals surface area contributed by atoms with Crippen LogP contribution in [0.3, 0.4) is 0 Å². The predicted octanol–water partition coefficient (Wildman–Crippen LogP) is 1.75. The summed E-state index contributed by atoms with van der Waals surface area (Å²) in [5.41, 5.74) is 1.88. The molecule has 0 unspecified atom stereocenters. The molecule has 0 spiro atoms. The second-order valence-electron chi connectivity index (χ2n) is 6.17. The van der Waals surface area contributed by atoms with Crippen molar-refractivity contribution in [3.05, 3.63) is 54.1 Å². The van der Waals surface area contributed by atoms with E-state index >= 15 is 0 Å². The molecule has 0 bridgehead atoms. The average Bonchev–Trinajstić information content (AvgIpc) is 2.89. The van der Waals surface area contributed by atoms with Crippen LogP contribution in [0.2, 0.25) is 0 Å². The molecular formula is C19H23N3O3. The van der Waals surface area contributed by atoms with E-state index in [9.17, 15) is 4.79 Å². The van der Waals surface area contributed by atoms with Gasteiger partial charge in [0, 0.05) is 36.5 Å². The minimum Gasteiger partial charge on any atom is -0.496 e. The Morgan fingerprint density at radius 3 is 3.04 bits per heavy atom. The van der Waals surface area contributed by atoms with Crippen molar-refractivity contribution < 1.29 is 14.3 Å². The van der Waals surface area contributed by atoms with Crippen molar-refractivity contribution in [2.75, 3.05) is 33.4 Å². The Kier molecular flexibility index (Phi) is 5.95. The third-order valence-corrected chi connectivity index (χ3v) is 4.37. The van der Waals surface area contributed by atoms with Crippen LogP contribution < -0.4 is 4.74 Å². The highest BCUT2D eigenvalue weighted by Gasteiger charge is 2.23.